The van der Waals surface area contributed by atoms with E-state index < -0.39 is 5.97 Å². The van der Waals surface area contributed by atoms with Gasteiger partial charge in [0.1, 0.15) is 0 Å². The summed E-state index contributed by atoms with van der Waals surface area (Å²) in [6.45, 7) is 5.54. The summed E-state index contributed by atoms with van der Waals surface area (Å²) in [6, 6.07) is -0.0958. The Morgan fingerprint density at radius 1 is 1.35 bits per heavy atom. The lowest BCUT2D eigenvalue weighted by Gasteiger charge is -2.20. The van der Waals surface area contributed by atoms with Crippen LogP contribution in [0.3, 0.4) is 0 Å². The van der Waals surface area contributed by atoms with Gasteiger partial charge in [0.15, 0.2) is 0 Å². The first-order chi connectivity index (χ1) is 7.93. The van der Waals surface area contributed by atoms with E-state index in [0.717, 1.165) is 19.4 Å². The van der Waals surface area contributed by atoms with Crippen molar-refractivity contribution in [3.8, 4) is 0 Å². The summed E-state index contributed by atoms with van der Waals surface area (Å²) in [5, 5.41) is 11.6. The second-order valence-corrected chi connectivity index (χ2v) is 4.37. The highest BCUT2D eigenvalue weighted by atomic mass is 16.5. The van der Waals surface area contributed by atoms with Crippen LogP contribution in [0.5, 0.6) is 0 Å². The van der Waals surface area contributed by atoms with Crippen molar-refractivity contribution in [3.63, 3.8) is 0 Å². The second-order valence-electron chi connectivity index (χ2n) is 4.37. The van der Waals surface area contributed by atoms with Crippen molar-refractivity contribution in [1.29, 1.82) is 0 Å². The van der Waals surface area contributed by atoms with E-state index in [2.05, 4.69) is 5.32 Å². The fourth-order valence-corrected chi connectivity index (χ4v) is 1.74. The molecule has 5 heteroatoms. The molecule has 0 saturated carbocycles. The van der Waals surface area contributed by atoms with Crippen molar-refractivity contribution in [2.24, 2.45) is 0 Å². The molecule has 2 atom stereocenters. The number of nitrogens with one attached hydrogen (secondary N) is 1. The standard InChI is InChI=1S/C12H19NO4/c1-7(8(2)12(15)16)11(14)13-9(3)10-5-4-6-17-10/h9-10H,4-6H2,1-3H3,(H,13,14)(H,15,16). The van der Waals surface area contributed by atoms with Crippen molar-refractivity contribution in [1.82, 2.24) is 5.32 Å². The highest BCUT2D eigenvalue weighted by molar-refractivity contribution is 6.01. The number of rotatable bonds is 4. The number of aliphatic carboxylic acids is 1. The monoisotopic (exact) mass is 241 g/mol. The van der Waals surface area contributed by atoms with E-state index in [4.69, 9.17) is 9.84 Å². The Labute approximate surface area is 101 Å². The molecule has 2 N–H and O–H groups in total. The molecule has 0 bridgehead atoms. The number of carbonyl (C=O) groups is 2. The van der Waals surface area contributed by atoms with Crippen molar-refractivity contribution in [2.45, 2.75) is 45.8 Å². The van der Waals surface area contributed by atoms with Gasteiger partial charge in [0.25, 0.3) is 0 Å². The Kier molecular flexibility index (Phi) is 4.69. The van der Waals surface area contributed by atoms with Gasteiger partial charge < -0.3 is 15.2 Å². The Morgan fingerprint density at radius 2 is 2.00 bits per heavy atom. The molecule has 1 fully saturated rings. The molecule has 0 spiro atoms. The molecule has 1 aliphatic heterocycles. The molecular weight excluding hydrogens is 222 g/mol. The molecule has 1 amide bonds. The van der Waals surface area contributed by atoms with Gasteiger partial charge in [-0.05, 0) is 33.6 Å². The zero-order valence-corrected chi connectivity index (χ0v) is 10.4. The Hall–Kier alpha value is -1.36. The molecule has 0 aliphatic carbocycles. The largest absolute Gasteiger partial charge is 0.478 e. The molecule has 5 nitrogen and oxygen atoms in total. The van der Waals surface area contributed by atoms with Crippen molar-refractivity contribution in [3.05, 3.63) is 11.1 Å². The van der Waals surface area contributed by atoms with Gasteiger partial charge in [-0.3, -0.25) is 4.79 Å². The quantitative estimate of drug-likeness (QED) is 0.722. The normalized spacial score (nSPS) is 22.9. The number of amides is 1. The number of hydrogen-bond acceptors (Lipinski definition) is 3. The van der Waals surface area contributed by atoms with Crippen LogP contribution in [0.1, 0.15) is 33.6 Å². The van der Waals surface area contributed by atoms with Crippen molar-refractivity contribution < 1.29 is 19.4 Å². The third kappa shape index (κ3) is 3.56. The number of carboxylic acid groups (broad SMARTS) is 1. The summed E-state index contributed by atoms with van der Waals surface area (Å²) >= 11 is 0. The van der Waals surface area contributed by atoms with Crippen molar-refractivity contribution in [2.75, 3.05) is 6.61 Å². The zero-order valence-electron chi connectivity index (χ0n) is 10.4. The fraction of sp³-hybridized carbons (Fsp3) is 0.667. The molecule has 0 aromatic heterocycles. The smallest absolute Gasteiger partial charge is 0.331 e. The van der Waals surface area contributed by atoms with E-state index in [-0.39, 0.29) is 29.2 Å². The van der Waals surface area contributed by atoms with E-state index in [9.17, 15) is 9.59 Å². The first-order valence-electron chi connectivity index (χ1n) is 5.76. The molecule has 0 radical (unpaired) electrons. The minimum Gasteiger partial charge on any atom is -0.478 e. The fourth-order valence-electron chi connectivity index (χ4n) is 1.74. The van der Waals surface area contributed by atoms with Crippen LogP contribution in [0.4, 0.5) is 0 Å². The third-order valence-electron chi connectivity index (χ3n) is 3.11. The maximum atomic E-state index is 11.8. The molecular formula is C12H19NO4. The predicted octanol–water partition coefficient (Wildman–Crippen LogP) is 1.09. The summed E-state index contributed by atoms with van der Waals surface area (Å²) in [5.41, 5.74) is 0.310. The van der Waals surface area contributed by atoms with Gasteiger partial charge in [0.05, 0.1) is 12.1 Å². The molecule has 17 heavy (non-hydrogen) atoms. The number of ether oxygens (including phenoxy) is 1. The van der Waals surface area contributed by atoms with Gasteiger partial charge in [-0.15, -0.1) is 0 Å². The highest BCUT2D eigenvalue weighted by Gasteiger charge is 2.24. The Balaban J connectivity index is 2.59. The van der Waals surface area contributed by atoms with Crippen LogP contribution in [-0.4, -0.2) is 35.7 Å². The van der Waals surface area contributed by atoms with Crippen LogP contribution in [0, 0.1) is 0 Å². The Morgan fingerprint density at radius 3 is 2.47 bits per heavy atom. The molecule has 96 valence electrons. The molecule has 2 unspecified atom stereocenters. The molecule has 1 rings (SSSR count). The van der Waals surface area contributed by atoms with Crippen LogP contribution in [0.25, 0.3) is 0 Å². The molecule has 1 heterocycles. The second kappa shape index (κ2) is 5.82. The van der Waals surface area contributed by atoms with E-state index in [0.29, 0.717) is 0 Å². The summed E-state index contributed by atoms with van der Waals surface area (Å²) in [4.78, 5) is 22.5. The van der Waals surface area contributed by atoms with Gasteiger partial charge in [0.2, 0.25) is 5.91 Å². The van der Waals surface area contributed by atoms with E-state index in [1.54, 1.807) is 0 Å². The topological polar surface area (TPSA) is 75.6 Å². The minimum atomic E-state index is -1.07. The summed E-state index contributed by atoms with van der Waals surface area (Å²) in [7, 11) is 0. The number of hydrogen-bond donors (Lipinski definition) is 2. The molecule has 0 aromatic carbocycles. The molecule has 1 saturated heterocycles. The summed E-state index contributed by atoms with van der Waals surface area (Å²) < 4.78 is 5.46. The van der Waals surface area contributed by atoms with Crippen molar-refractivity contribution >= 4 is 11.9 Å². The maximum Gasteiger partial charge on any atom is 0.331 e. The van der Waals surface area contributed by atoms with Crippen LogP contribution in [0.15, 0.2) is 11.1 Å². The minimum absolute atomic E-state index is 0.0388. The highest BCUT2D eigenvalue weighted by Crippen LogP contribution is 2.16. The maximum absolute atomic E-state index is 11.8. The van der Waals surface area contributed by atoms with E-state index in [1.807, 2.05) is 6.92 Å². The van der Waals surface area contributed by atoms with Crippen LogP contribution >= 0.6 is 0 Å². The van der Waals surface area contributed by atoms with E-state index >= 15 is 0 Å². The summed E-state index contributed by atoms with van der Waals surface area (Å²) in [6.07, 6.45) is 1.98. The first-order valence-corrected chi connectivity index (χ1v) is 5.76. The van der Waals surface area contributed by atoms with Gasteiger partial charge >= 0.3 is 5.97 Å². The molecule has 1 aliphatic rings. The number of carbonyl (C=O) groups excluding carboxylic acids is 1. The van der Waals surface area contributed by atoms with Crippen LogP contribution in [-0.2, 0) is 14.3 Å². The average molecular weight is 241 g/mol. The lowest BCUT2D eigenvalue weighted by Crippen LogP contribution is -2.41. The van der Waals surface area contributed by atoms with Gasteiger partial charge in [-0.1, -0.05) is 0 Å². The van der Waals surface area contributed by atoms with E-state index in [1.165, 1.54) is 13.8 Å². The van der Waals surface area contributed by atoms with Gasteiger partial charge in [0, 0.05) is 17.8 Å². The average Bonchev–Trinajstić information content (AvgIpc) is 2.80. The SMILES string of the molecule is CC(C(=O)O)=C(C)C(=O)NC(C)C1CCCO1. The third-order valence-corrected chi connectivity index (χ3v) is 3.11. The van der Waals surface area contributed by atoms with Gasteiger partial charge in [-0.25, -0.2) is 4.79 Å². The van der Waals surface area contributed by atoms with Crippen LogP contribution in [0.2, 0.25) is 0 Å². The number of carboxylic acids is 1. The van der Waals surface area contributed by atoms with Crippen LogP contribution < -0.4 is 5.32 Å². The summed E-state index contributed by atoms with van der Waals surface area (Å²) in [5.74, 6) is -1.41. The lowest BCUT2D eigenvalue weighted by atomic mass is 10.1. The first kappa shape index (κ1) is 13.7. The lowest BCUT2D eigenvalue weighted by molar-refractivity contribution is -0.133. The zero-order chi connectivity index (χ0) is 13.0. The predicted molar refractivity (Wildman–Crippen MR) is 62.6 cm³/mol. The van der Waals surface area contributed by atoms with Gasteiger partial charge in [-0.2, -0.15) is 0 Å². The Bertz CT molecular complexity index is 342. The molecule has 0 aromatic rings.